The molecule has 3 aromatic rings. The highest BCUT2D eigenvalue weighted by Gasteiger charge is 2.28. The molecule has 2 atom stereocenters. The highest BCUT2D eigenvalue weighted by Crippen LogP contribution is 2.36. The summed E-state index contributed by atoms with van der Waals surface area (Å²) in [7, 11) is 0. The van der Waals surface area contributed by atoms with Gasteiger partial charge in [0.2, 0.25) is 0 Å². The standard InChI is InChI=1S/C20H23N7O/c1-11(10-22-13-2-3-13)23-20(28)19-24-16-8-14-15(9-17(16)25-19)26-27-18(14)12-4-6-21-7-5-12/h4-9,11,13,19,22,24-25H,2-3,10H2,1H3,(H,23,28)(H,26,27). The summed E-state index contributed by atoms with van der Waals surface area (Å²) in [5.41, 5.74) is 4.57. The van der Waals surface area contributed by atoms with Crippen molar-refractivity contribution in [3.8, 4) is 11.3 Å². The van der Waals surface area contributed by atoms with Gasteiger partial charge in [-0.05, 0) is 44.0 Å². The number of fused-ring (bicyclic) bond motifs is 2. The number of aromatic amines is 1. The zero-order valence-corrected chi connectivity index (χ0v) is 15.6. The molecule has 5 rings (SSSR count). The van der Waals surface area contributed by atoms with E-state index < -0.39 is 6.17 Å². The van der Waals surface area contributed by atoms with E-state index in [4.69, 9.17) is 0 Å². The second kappa shape index (κ2) is 6.79. The van der Waals surface area contributed by atoms with E-state index in [-0.39, 0.29) is 11.9 Å². The summed E-state index contributed by atoms with van der Waals surface area (Å²) in [5, 5.41) is 21.6. The quantitative estimate of drug-likeness (QED) is 0.450. The fourth-order valence-corrected chi connectivity index (χ4v) is 3.52. The number of amides is 1. The molecule has 2 aromatic heterocycles. The van der Waals surface area contributed by atoms with Gasteiger partial charge in [0.05, 0.1) is 16.9 Å². The van der Waals surface area contributed by atoms with Gasteiger partial charge in [-0.2, -0.15) is 5.10 Å². The molecule has 144 valence electrons. The van der Waals surface area contributed by atoms with Crippen LogP contribution in [-0.4, -0.2) is 45.9 Å². The Morgan fingerprint density at radius 3 is 2.71 bits per heavy atom. The molecular formula is C20H23N7O. The second-order valence-electron chi connectivity index (χ2n) is 7.57. The number of nitrogens with one attached hydrogen (secondary N) is 5. The minimum Gasteiger partial charge on any atom is -0.356 e. The Kier molecular flexibility index (Phi) is 4.12. The Balaban J connectivity index is 1.31. The number of pyridine rings is 1. The van der Waals surface area contributed by atoms with Crippen LogP contribution >= 0.6 is 0 Å². The Morgan fingerprint density at radius 2 is 1.96 bits per heavy atom. The van der Waals surface area contributed by atoms with E-state index in [2.05, 4.69) is 36.4 Å². The molecule has 1 aromatic carbocycles. The van der Waals surface area contributed by atoms with Crippen molar-refractivity contribution in [3.05, 3.63) is 36.7 Å². The molecule has 8 nitrogen and oxygen atoms in total. The van der Waals surface area contributed by atoms with Crippen molar-refractivity contribution in [2.45, 2.75) is 38.0 Å². The van der Waals surface area contributed by atoms with Gasteiger partial charge in [0.25, 0.3) is 5.91 Å². The van der Waals surface area contributed by atoms with Crippen LogP contribution in [0.2, 0.25) is 0 Å². The first-order valence-electron chi connectivity index (χ1n) is 9.67. The van der Waals surface area contributed by atoms with Crippen molar-refractivity contribution in [2.75, 3.05) is 17.2 Å². The first-order chi connectivity index (χ1) is 13.7. The number of H-pyrrole nitrogens is 1. The maximum absolute atomic E-state index is 12.6. The molecule has 1 amide bonds. The topological polar surface area (TPSA) is 107 Å². The van der Waals surface area contributed by atoms with Gasteiger partial charge in [-0.3, -0.25) is 14.9 Å². The molecule has 0 saturated heterocycles. The smallest absolute Gasteiger partial charge is 0.263 e. The molecule has 1 aliphatic carbocycles. The SMILES string of the molecule is CC(CNC1CC1)NC(=O)C1Nc2cc3[nH]nc(-c4ccncc4)c3cc2N1. The molecule has 3 heterocycles. The van der Waals surface area contributed by atoms with Crippen LogP contribution in [0.3, 0.4) is 0 Å². The Labute approximate surface area is 162 Å². The van der Waals surface area contributed by atoms with Crippen LogP contribution in [-0.2, 0) is 4.79 Å². The molecule has 2 aliphatic rings. The third-order valence-electron chi connectivity index (χ3n) is 5.20. The minimum atomic E-state index is -0.484. The highest BCUT2D eigenvalue weighted by atomic mass is 16.2. The first-order valence-corrected chi connectivity index (χ1v) is 9.67. The van der Waals surface area contributed by atoms with Crippen molar-refractivity contribution in [1.82, 2.24) is 25.8 Å². The van der Waals surface area contributed by atoms with Gasteiger partial charge in [-0.15, -0.1) is 0 Å². The molecule has 0 spiro atoms. The van der Waals surface area contributed by atoms with E-state index in [0.717, 1.165) is 40.1 Å². The third-order valence-corrected chi connectivity index (χ3v) is 5.20. The summed E-state index contributed by atoms with van der Waals surface area (Å²) < 4.78 is 0. The predicted molar refractivity (Wildman–Crippen MR) is 109 cm³/mol. The Bertz CT molecular complexity index is 1010. The lowest BCUT2D eigenvalue weighted by Crippen LogP contribution is -2.48. The van der Waals surface area contributed by atoms with Crippen molar-refractivity contribution >= 4 is 28.2 Å². The van der Waals surface area contributed by atoms with E-state index in [9.17, 15) is 4.79 Å². The maximum Gasteiger partial charge on any atom is 0.263 e. The molecule has 2 unspecified atom stereocenters. The molecule has 0 bridgehead atoms. The normalized spacial score (nSPS) is 19.0. The van der Waals surface area contributed by atoms with Crippen molar-refractivity contribution in [2.24, 2.45) is 0 Å². The molecule has 8 heteroatoms. The largest absolute Gasteiger partial charge is 0.356 e. The Morgan fingerprint density at radius 1 is 1.21 bits per heavy atom. The van der Waals surface area contributed by atoms with Gasteiger partial charge < -0.3 is 21.3 Å². The van der Waals surface area contributed by atoms with Crippen LogP contribution in [0.4, 0.5) is 11.4 Å². The predicted octanol–water partition coefficient (Wildman–Crippen LogP) is 2.05. The minimum absolute atomic E-state index is 0.0579. The van der Waals surface area contributed by atoms with Crippen LogP contribution in [0.15, 0.2) is 36.7 Å². The zero-order chi connectivity index (χ0) is 19.1. The van der Waals surface area contributed by atoms with Crippen molar-refractivity contribution in [3.63, 3.8) is 0 Å². The number of aromatic nitrogens is 3. The van der Waals surface area contributed by atoms with Gasteiger partial charge in [-0.1, -0.05) is 0 Å². The number of hydrogen-bond acceptors (Lipinski definition) is 6. The fraction of sp³-hybridized carbons (Fsp3) is 0.350. The van der Waals surface area contributed by atoms with Crippen LogP contribution < -0.4 is 21.3 Å². The van der Waals surface area contributed by atoms with E-state index in [0.29, 0.717) is 6.04 Å². The Hall–Kier alpha value is -3.13. The van der Waals surface area contributed by atoms with Gasteiger partial charge in [0.15, 0.2) is 6.17 Å². The van der Waals surface area contributed by atoms with Crippen LogP contribution in [0.25, 0.3) is 22.2 Å². The summed E-state index contributed by atoms with van der Waals surface area (Å²) in [6.07, 6.45) is 5.50. The highest BCUT2D eigenvalue weighted by molar-refractivity contribution is 6.02. The molecule has 1 aliphatic heterocycles. The lowest BCUT2D eigenvalue weighted by atomic mass is 10.1. The van der Waals surface area contributed by atoms with Crippen LogP contribution in [0.1, 0.15) is 19.8 Å². The number of carbonyl (C=O) groups excluding carboxylic acids is 1. The molecule has 1 saturated carbocycles. The van der Waals surface area contributed by atoms with Crippen LogP contribution in [0.5, 0.6) is 0 Å². The van der Waals surface area contributed by atoms with Gasteiger partial charge >= 0.3 is 0 Å². The van der Waals surface area contributed by atoms with E-state index in [1.807, 2.05) is 31.2 Å². The lowest BCUT2D eigenvalue weighted by molar-refractivity contribution is -0.121. The maximum atomic E-state index is 12.6. The number of rotatable bonds is 6. The van der Waals surface area contributed by atoms with E-state index in [1.54, 1.807) is 12.4 Å². The summed E-state index contributed by atoms with van der Waals surface area (Å²) in [5.74, 6) is -0.0579. The summed E-state index contributed by atoms with van der Waals surface area (Å²) in [4.78, 5) is 16.7. The fourth-order valence-electron chi connectivity index (χ4n) is 3.52. The monoisotopic (exact) mass is 377 g/mol. The number of carbonyl (C=O) groups is 1. The summed E-state index contributed by atoms with van der Waals surface area (Å²) in [6, 6.07) is 8.60. The average Bonchev–Trinajstić information content (AvgIpc) is 3.30. The molecule has 5 N–H and O–H groups in total. The summed E-state index contributed by atoms with van der Waals surface area (Å²) in [6.45, 7) is 2.81. The van der Waals surface area contributed by atoms with Gasteiger partial charge in [0.1, 0.15) is 5.69 Å². The second-order valence-corrected chi connectivity index (χ2v) is 7.57. The van der Waals surface area contributed by atoms with Crippen LogP contribution in [0, 0.1) is 0 Å². The number of hydrogen-bond donors (Lipinski definition) is 5. The van der Waals surface area contributed by atoms with Gasteiger partial charge in [0, 0.05) is 42.0 Å². The third kappa shape index (κ3) is 3.27. The average molecular weight is 377 g/mol. The zero-order valence-electron chi connectivity index (χ0n) is 15.6. The number of anilines is 2. The first kappa shape index (κ1) is 17.0. The summed E-state index contributed by atoms with van der Waals surface area (Å²) >= 11 is 0. The number of nitrogens with zero attached hydrogens (tertiary/aromatic N) is 2. The number of benzene rings is 1. The van der Waals surface area contributed by atoms with Crippen molar-refractivity contribution in [1.29, 1.82) is 0 Å². The molecule has 0 radical (unpaired) electrons. The van der Waals surface area contributed by atoms with Gasteiger partial charge in [-0.25, -0.2) is 0 Å². The molecule has 28 heavy (non-hydrogen) atoms. The van der Waals surface area contributed by atoms with E-state index >= 15 is 0 Å². The molecular weight excluding hydrogens is 354 g/mol. The molecule has 1 fully saturated rings. The van der Waals surface area contributed by atoms with Crippen molar-refractivity contribution < 1.29 is 4.79 Å². The van der Waals surface area contributed by atoms with E-state index in [1.165, 1.54) is 12.8 Å². The lowest BCUT2D eigenvalue weighted by Gasteiger charge is -2.18.